The van der Waals surface area contributed by atoms with Gasteiger partial charge in [0.2, 0.25) is 0 Å². The Morgan fingerprint density at radius 1 is 0.909 bits per heavy atom. The minimum Gasteiger partial charge on any atom is -0.481 e. The molecule has 7 nitrogen and oxygen atoms in total. The molecule has 2 rings (SSSR count). The van der Waals surface area contributed by atoms with E-state index in [4.69, 9.17) is 14.3 Å². The molecule has 0 aliphatic carbocycles. The van der Waals surface area contributed by atoms with E-state index in [1.54, 1.807) is 6.07 Å². The number of hydrogen-bond donors (Lipinski definition) is 1. The third-order valence-electron chi connectivity index (χ3n) is 5.84. The molecule has 33 heavy (non-hydrogen) atoms. The highest BCUT2D eigenvalue weighted by Crippen LogP contribution is 2.22. The number of aliphatic carboxylic acids is 1. The maximum absolute atomic E-state index is 12.4. The fourth-order valence-electron chi connectivity index (χ4n) is 3.89. The standard InChI is InChI=1S/C26H37NO6/c1-3-27(4-2)21-16-15-20-18-22(26(31)33-23(20)19-21)25(30)32-17-13-11-9-7-5-6-8-10-12-14-24(28)29/h15-16,18-19H,3-14,17H2,1-2H3,(H,28,29). The van der Waals surface area contributed by atoms with Crippen molar-refractivity contribution in [3.8, 4) is 0 Å². The average molecular weight is 460 g/mol. The normalized spacial score (nSPS) is 11.0. The number of fused-ring (bicyclic) bond motifs is 1. The second-order valence-electron chi connectivity index (χ2n) is 8.30. The monoisotopic (exact) mass is 459 g/mol. The molecule has 0 atom stereocenters. The number of carboxylic acid groups (broad SMARTS) is 1. The first-order valence-electron chi connectivity index (χ1n) is 12.2. The number of unbranched alkanes of at least 4 members (excludes halogenated alkanes) is 8. The van der Waals surface area contributed by atoms with E-state index in [9.17, 15) is 14.4 Å². The van der Waals surface area contributed by atoms with Crippen LogP contribution >= 0.6 is 0 Å². The molecule has 0 aliphatic heterocycles. The van der Waals surface area contributed by atoms with Gasteiger partial charge < -0.3 is 19.2 Å². The molecule has 182 valence electrons. The van der Waals surface area contributed by atoms with Gasteiger partial charge in [-0.05, 0) is 44.9 Å². The molecule has 1 heterocycles. The summed E-state index contributed by atoms with van der Waals surface area (Å²) >= 11 is 0. The molecular weight excluding hydrogens is 422 g/mol. The van der Waals surface area contributed by atoms with Crippen LogP contribution in [0.2, 0.25) is 0 Å². The van der Waals surface area contributed by atoms with Crippen LogP contribution in [0, 0.1) is 0 Å². The summed E-state index contributed by atoms with van der Waals surface area (Å²) in [6, 6.07) is 7.19. The lowest BCUT2D eigenvalue weighted by Gasteiger charge is -2.20. The van der Waals surface area contributed by atoms with Crippen LogP contribution in [-0.4, -0.2) is 36.7 Å². The van der Waals surface area contributed by atoms with E-state index in [1.165, 1.54) is 0 Å². The van der Waals surface area contributed by atoms with E-state index < -0.39 is 17.6 Å². The maximum atomic E-state index is 12.4. The van der Waals surface area contributed by atoms with Gasteiger partial charge in [0.1, 0.15) is 11.1 Å². The number of rotatable bonds is 16. The van der Waals surface area contributed by atoms with Crippen molar-refractivity contribution in [2.24, 2.45) is 0 Å². The van der Waals surface area contributed by atoms with Crippen molar-refractivity contribution in [1.82, 2.24) is 0 Å². The third-order valence-corrected chi connectivity index (χ3v) is 5.84. The fourth-order valence-corrected chi connectivity index (χ4v) is 3.89. The maximum Gasteiger partial charge on any atom is 0.351 e. The number of nitrogens with zero attached hydrogens (tertiary/aromatic N) is 1. The van der Waals surface area contributed by atoms with Gasteiger partial charge in [-0.3, -0.25) is 4.79 Å². The van der Waals surface area contributed by atoms with Crippen molar-refractivity contribution >= 4 is 28.6 Å². The molecule has 0 amide bonds. The molecule has 2 aromatic rings. The number of carbonyl (C=O) groups excluding carboxylic acids is 1. The first-order valence-corrected chi connectivity index (χ1v) is 12.2. The lowest BCUT2D eigenvalue weighted by molar-refractivity contribution is -0.137. The number of anilines is 1. The molecule has 1 aromatic heterocycles. The second kappa shape index (κ2) is 14.3. The highest BCUT2D eigenvalue weighted by Gasteiger charge is 2.16. The molecule has 1 aromatic carbocycles. The zero-order valence-electron chi connectivity index (χ0n) is 19.9. The van der Waals surface area contributed by atoms with E-state index in [-0.39, 0.29) is 18.6 Å². The zero-order valence-corrected chi connectivity index (χ0v) is 19.9. The van der Waals surface area contributed by atoms with Crippen molar-refractivity contribution in [1.29, 1.82) is 0 Å². The Labute approximate surface area is 195 Å². The molecule has 0 fully saturated rings. The highest BCUT2D eigenvalue weighted by molar-refractivity contribution is 5.93. The van der Waals surface area contributed by atoms with Crippen LogP contribution < -0.4 is 10.5 Å². The number of hydrogen-bond acceptors (Lipinski definition) is 6. The molecule has 0 saturated heterocycles. The SMILES string of the molecule is CCN(CC)c1ccc2cc(C(=O)OCCCCCCCCCCCC(=O)O)c(=O)oc2c1. The number of carboxylic acids is 1. The Kier molecular flexibility index (Phi) is 11.5. The first kappa shape index (κ1) is 26.4. The Morgan fingerprint density at radius 3 is 2.12 bits per heavy atom. The Bertz CT molecular complexity index is 947. The second-order valence-corrected chi connectivity index (χ2v) is 8.30. The third kappa shape index (κ3) is 8.91. The van der Waals surface area contributed by atoms with Gasteiger partial charge in [-0.25, -0.2) is 9.59 Å². The van der Waals surface area contributed by atoms with Gasteiger partial charge in [0.25, 0.3) is 0 Å². The lowest BCUT2D eigenvalue weighted by atomic mass is 10.1. The summed E-state index contributed by atoms with van der Waals surface area (Å²) in [5.41, 5.74) is 0.695. The van der Waals surface area contributed by atoms with Crippen molar-refractivity contribution in [2.75, 3.05) is 24.6 Å². The minimum absolute atomic E-state index is 0.0685. The van der Waals surface area contributed by atoms with Gasteiger partial charge >= 0.3 is 17.6 Å². The van der Waals surface area contributed by atoms with Crippen molar-refractivity contribution in [3.63, 3.8) is 0 Å². The fraction of sp³-hybridized carbons (Fsp3) is 0.577. The molecular formula is C26H37NO6. The number of carbonyl (C=O) groups is 2. The summed E-state index contributed by atoms with van der Waals surface area (Å²) in [5, 5.41) is 9.30. The van der Waals surface area contributed by atoms with E-state index in [0.717, 1.165) is 76.6 Å². The van der Waals surface area contributed by atoms with Crippen molar-refractivity contribution in [2.45, 2.75) is 78.1 Å². The Hall–Kier alpha value is -2.83. The summed E-state index contributed by atoms with van der Waals surface area (Å²) in [7, 11) is 0. The molecule has 0 unspecified atom stereocenters. The quantitative estimate of drug-likeness (QED) is 0.193. The van der Waals surface area contributed by atoms with Crippen LogP contribution in [0.4, 0.5) is 5.69 Å². The Balaban J connectivity index is 1.70. The van der Waals surface area contributed by atoms with Gasteiger partial charge in [0.15, 0.2) is 0 Å². The minimum atomic E-state index is -0.721. The Morgan fingerprint density at radius 2 is 1.52 bits per heavy atom. The van der Waals surface area contributed by atoms with Gasteiger partial charge in [0, 0.05) is 36.7 Å². The van der Waals surface area contributed by atoms with E-state index >= 15 is 0 Å². The van der Waals surface area contributed by atoms with Gasteiger partial charge in [-0.1, -0.05) is 44.9 Å². The summed E-state index contributed by atoms with van der Waals surface area (Å²) in [6.07, 6.45) is 9.26. The molecule has 7 heteroatoms. The molecule has 0 bridgehead atoms. The molecule has 1 N–H and O–H groups in total. The molecule has 0 aliphatic rings. The van der Waals surface area contributed by atoms with Crippen LogP contribution in [0.1, 0.15) is 88.4 Å². The average Bonchev–Trinajstić information content (AvgIpc) is 2.79. The van der Waals surface area contributed by atoms with Crippen LogP contribution in [0.3, 0.4) is 0 Å². The number of benzene rings is 1. The van der Waals surface area contributed by atoms with Crippen molar-refractivity contribution < 1.29 is 23.8 Å². The number of ether oxygens (including phenoxy) is 1. The largest absolute Gasteiger partial charge is 0.481 e. The summed E-state index contributed by atoms with van der Waals surface area (Å²) in [4.78, 5) is 37.3. The van der Waals surface area contributed by atoms with E-state index in [0.29, 0.717) is 11.0 Å². The predicted octanol–water partition coefficient (Wildman–Crippen LogP) is 5.78. The predicted molar refractivity (Wildman–Crippen MR) is 130 cm³/mol. The van der Waals surface area contributed by atoms with E-state index in [2.05, 4.69) is 18.7 Å². The molecule has 0 spiro atoms. The van der Waals surface area contributed by atoms with Gasteiger partial charge in [-0.15, -0.1) is 0 Å². The van der Waals surface area contributed by atoms with E-state index in [1.807, 2.05) is 18.2 Å². The first-order chi connectivity index (χ1) is 16.0. The van der Waals surface area contributed by atoms with Crippen LogP contribution in [0.15, 0.2) is 33.5 Å². The lowest BCUT2D eigenvalue weighted by Crippen LogP contribution is -2.21. The summed E-state index contributed by atoms with van der Waals surface area (Å²) in [5.74, 6) is -1.36. The zero-order chi connectivity index (χ0) is 24.1. The van der Waals surface area contributed by atoms with Crippen molar-refractivity contribution in [3.05, 3.63) is 40.2 Å². The smallest absolute Gasteiger partial charge is 0.351 e. The summed E-state index contributed by atoms with van der Waals surface area (Å²) < 4.78 is 10.7. The number of esters is 1. The molecule has 0 saturated carbocycles. The van der Waals surface area contributed by atoms with Gasteiger partial charge in [0.05, 0.1) is 6.61 Å². The van der Waals surface area contributed by atoms with Crippen LogP contribution in [0.5, 0.6) is 0 Å². The molecule has 0 radical (unpaired) electrons. The topological polar surface area (TPSA) is 97.0 Å². The summed E-state index contributed by atoms with van der Waals surface area (Å²) in [6.45, 7) is 6.12. The highest BCUT2D eigenvalue weighted by atomic mass is 16.5. The van der Waals surface area contributed by atoms with Crippen LogP contribution in [-0.2, 0) is 9.53 Å². The van der Waals surface area contributed by atoms with Gasteiger partial charge in [-0.2, -0.15) is 0 Å². The van der Waals surface area contributed by atoms with Crippen LogP contribution in [0.25, 0.3) is 11.0 Å².